The fraction of sp³-hybridized carbons (Fsp3) is 0.917. The van der Waals surface area contributed by atoms with Gasteiger partial charge in [-0.1, -0.05) is 20.8 Å². The van der Waals surface area contributed by atoms with Crippen LogP contribution in [0.3, 0.4) is 0 Å². The summed E-state index contributed by atoms with van der Waals surface area (Å²) in [6, 6.07) is 0. The minimum Gasteiger partial charge on any atom is -0.380 e. The van der Waals surface area contributed by atoms with Crippen LogP contribution < -0.4 is 0 Å². The quantitative estimate of drug-likeness (QED) is 0.682. The second-order valence-electron chi connectivity index (χ2n) is 5.36. The molecule has 1 rings (SSSR count). The zero-order valence-corrected chi connectivity index (χ0v) is 10.6. The average molecular weight is 229 g/mol. The third kappa shape index (κ3) is 5.47. The van der Waals surface area contributed by atoms with Gasteiger partial charge in [-0.2, -0.15) is 0 Å². The summed E-state index contributed by atoms with van der Waals surface area (Å²) in [7, 11) is 0. The van der Waals surface area contributed by atoms with Gasteiger partial charge in [0, 0.05) is 13.1 Å². The number of hydrogen-bond acceptors (Lipinski definition) is 3. The first-order valence-corrected chi connectivity index (χ1v) is 5.92. The van der Waals surface area contributed by atoms with E-state index in [9.17, 15) is 4.79 Å². The van der Waals surface area contributed by atoms with E-state index in [1.54, 1.807) is 0 Å². The minimum absolute atomic E-state index is 0.169. The predicted octanol–water partition coefficient (Wildman–Crippen LogP) is 1.30. The summed E-state index contributed by atoms with van der Waals surface area (Å²) in [6.45, 7) is 10.3. The SMILES string of the molecule is CC(C)(C)COCCC(=O)N1CCOCC1. The molecule has 0 aromatic heterocycles. The molecule has 1 heterocycles. The molecule has 0 radical (unpaired) electrons. The Morgan fingerprint density at radius 3 is 2.50 bits per heavy atom. The molecule has 4 nitrogen and oxygen atoms in total. The van der Waals surface area contributed by atoms with Crippen molar-refractivity contribution in [3.63, 3.8) is 0 Å². The first-order valence-electron chi connectivity index (χ1n) is 5.92. The maximum Gasteiger partial charge on any atom is 0.225 e. The van der Waals surface area contributed by atoms with Crippen molar-refractivity contribution in [2.24, 2.45) is 5.41 Å². The van der Waals surface area contributed by atoms with E-state index in [0.717, 1.165) is 13.1 Å². The van der Waals surface area contributed by atoms with Crippen LogP contribution in [0, 0.1) is 5.41 Å². The molecule has 0 spiro atoms. The summed E-state index contributed by atoms with van der Waals surface area (Å²) in [5.41, 5.74) is 0.169. The summed E-state index contributed by atoms with van der Waals surface area (Å²) >= 11 is 0. The van der Waals surface area contributed by atoms with Crippen molar-refractivity contribution in [2.75, 3.05) is 39.5 Å². The number of ether oxygens (including phenoxy) is 2. The smallest absolute Gasteiger partial charge is 0.225 e. The Kier molecular flexibility index (Phi) is 5.22. The molecule has 1 fully saturated rings. The van der Waals surface area contributed by atoms with E-state index < -0.39 is 0 Å². The molecule has 1 aliphatic heterocycles. The summed E-state index contributed by atoms with van der Waals surface area (Å²) in [5, 5.41) is 0. The Balaban J connectivity index is 2.10. The van der Waals surface area contributed by atoms with Gasteiger partial charge in [-0.05, 0) is 5.41 Å². The van der Waals surface area contributed by atoms with Crippen molar-refractivity contribution in [3.8, 4) is 0 Å². The Morgan fingerprint density at radius 1 is 1.31 bits per heavy atom. The number of carbonyl (C=O) groups excluding carboxylic acids is 1. The van der Waals surface area contributed by atoms with Crippen LogP contribution in [-0.2, 0) is 14.3 Å². The van der Waals surface area contributed by atoms with Crippen molar-refractivity contribution < 1.29 is 14.3 Å². The molecule has 94 valence electrons. The highest BCUT2D eigenvalue weighted by atomic mass is 16.5. The minimum atomic E-state index is 0.169. The van der Waals surface area contributed by atoms with Crippen molar-refractivity contribution in [2.45, 2.75) is 27.2 Å². The molecule has 0 aliphatic carbocycles. The standard InChI is InChI=1S/C12H23NO3/c1-12(2,3)10-16-7-4-11(14)13-5-8-15-9-6-13/h4-10H2,1-3H3. The van der Waals surface area contributed by atoms with Crippen molar-refractivity contribution in [1.82, 2.24) is 4.90 Å². The zero-order chi connectivity index (χ0) is 12.0. The summed E-state index contributed by atoms with van der Waals surface area (Å²) < 4.78 is 10.7. The molecule has 4 heteroatoms. The first-order chi connectivity index (χ1) is 7.49. The lowest BCUT2D eigenvalue weighted by Crippen LogP contribution is -2.41. The molecule has 1 amide bonds. The summed E-state index contributed by atoms with van der Waals surface area (Å²) in [4.78, 5) is 13.6. The van der Waals surface area contributed by atoms with Crippen molar-refractivity contribution in [1.29, 1.82) is 0 Å². The Morgan fingerprint density at radius 2 is 1.94 bits per heavy atom. The first kappa shape index (κ1) is 13.5. The molecule has 1 saturated heterocycles. The molecule has 0 aromatic carbocycles. The maximum atomic E-state index is 11.7. The van der Waals surface area contributed by atoms with E-state index in [0.29, 0.717) is 32.8 Å². The number of rotatable bonds is 4. The Bertz CT molecular complexity index is 217. The molecule has 1 aliphatic rings. The van der Waals surface area contributed by atoms with E-state index in [1.807, 2.05) is 4.90 Å². The molecular formula is C12H23NO3. The lowest BCUT2D eigenvalue weighted by atomic mass is 9.99. The molecule has 16 heavy (non-hydrogen) atoms. The van der Waals surface area contributed by atoms with Gasteiger partial charge in [0.05, 0.1) is 32.8 Å². The van der Waals surface area contributed by atoms with Crippen LogP contribution >= 0.6 is 0 Å². The van der Waals surface area contributed by atoms with E-state index in [1.165, 1.54) is 0 Å². The van der Waals surface area contributed by atoms with Gasteiger partial charge in [-0.3, -0.25) is 4.79 Å². The van der Waals surface area contributed by atoms with Crippen LogP contribution in [0.25, 0.3) is 0 Å². The van der Waals surface area contributed by atoms with Gasteiger partial charge in [0.1, 0.15) is 0 Å². The maximum absolute atomic E-state index is 11.7. The third-order valence-corrected chi connectivity index (χ3v) is 2.36. The third-order valence-electron chi connectivity index (χ3n) is 2.36. The largest absolute Gasteiger partial charge is 0.380 e. The second kappa shape index (κ2) is 6.21. The number of hydrogen-bond donors (Lipinski definition) is 0. The van der Waals surface area contributed by atoms with E-state index >= 15 is 0 Å². The number of amides is 1. The molecule has 0 atom stereocenters. The van der Waals surface area contributed by atoms with Gasteiger partial charge in [0.2, 0.25) is 5.91 Å². The fourth-order valence-corrected chi connectivity index (χ4v) is 1.51. The molecule has 0 saturated carbocycles. The van der Waals surface area contributed by atoms with Gasteiger partial charge in [0.15, 0.2) is 0 Å². The van der Waals surface area contributed by atoms with Gasteiger partial charge < -0.3 is 14.4 Å². The lowest BCUT2D eigenvalue weighted by molar-refractivity contribution is -0.136. The van der Waals surface area contributed by atoms with E-state index in [2.05, 4.69) is 20.8 Å². The highest BCUT2D eigenvalue weighted by molar-refractivity contribution is 5.76. The zero-order valence-electron chi connectivity index (χ0n) is 10.6. The molecule has 0 aromatic rings. The molecule has 0 N–H and O–H groups in total. The Labute approximate surface area is 97.9 Å². The van der Waals surface area contributed by atoms with Gasteiger partial charge in [-0.25, -0.2) is 0 Å². The van der Waals surface area contributed by atoms with Crippen LogP contribution in [0.2, 0.25) is 0 Å². The van der Waals surface area contributed by atoms with Gasteiger partial charge >= 0.3 is 0 Å². The van der Waals surface area contributed by atoms with Crippen LogP contribution in [0.5, 0.6) is 0 Å². The topological polar surface area (TPSA) is 38.8 Å². The average Bonchev–Trinajstić information content (AvgIpc) is 2.24. The monoisotopic (exact) mass is 229 g/mol. The second-order valence-corrected chi connectivity index (χ2v) is 5.36. The Hall–Kier alpha value is -0.610. The van der Waals surface area contributed by atoms with E-state index in [-0.39, 0.29) is 11.3 Å². The number of carbonyl (C=O) groups is 1. The molecule has 0 unspecified atom stereocenters. The lowest BCUT2D eigenvalue weighted by Gasteiger charge is -2.27. The normalized spacial score (nSPS) is 17.6. The van der Waals surface area contributed by atoms with Crippen LogP contribution in [-0.4, -0.2) is 50.3 Å². The van der Waals surface area contributed by atoms with E-state index in [4.69, 9.17) is 9.47 Å². The van der Waals surface area contributed by atoms with Crippen molar-refractivity contribution in [3.05, 3.63) is 0 Å². The predicted molar refractivity (Wildman–Crippen MR) is 62.3 cm³/mol. The highest BCUT2D eigenvalue weighted by Crippen LogP contribution is 2.13. The number of nitrogens with zero attached hydrogens (tertiary/aromatic N) is 1. The number of morpholine rings is 1. The summed E-state index contributed by atoms with van der Waals surface area (Å²) in [6.07, 6.45) is 0.482. The van der Waals surface area contributed by atoms with Crippen LogP contribution in [0.15, 0.2) is 0 Å². The highest BCUT2D eigenvalue weighted by Gasteiger charge is 2.16. The fourth-order valence-electron chi connectivity index (χ4n) is 1.51. The van der Waals surface area contributed by atoms with Crippen molar-refractivity contribution >= 4 is 5.91 Å². The van der Waals surface area contributed by atoms with Crippen LogP contribution in [0.4, 0.5) is 0 Å². The molecule has 0 bridgehead atoms. The summed E-state index contributed by atoms with van der Waals surface area (Å²) in [5.74, 6) is 0.178. The van der Waals surface area contributed by atoms with Gasteiger partial charge in [0.25, 0.3) is 0 Å². The van der Waals surface area contributed by atoms with Crippen LogP contribution in [0.1, 0.15) is 27.2 Å². The molecular weight excluding hydrogens is 206 g/mol. The van der Waals surface area contributed by atoms with Gasteiger partial charge in [-0.15, -0.1) is 0 Å².